The summed E-state index contributed by atoms with van der Waals surface area (Å²) in [6.07, 6.45) is 1.84. The van der Waals surface area contributed by atoms with Crippen LogP contribution < -0.4 is 10.6 Å². The summed E-state index contributed by atoms with van der Waals surface area (Å²) in [4.78, 5) is 11.3. The molecule has 2 N–H and O–H groups in total. The molecule has 1 rings (SSSR count). The van der Waals surface area contributed by atoms with E-state index in [4.69, 9.17) is 0 Å². The van der Waals surface area contributed by atoms with Gasteiger partial charge >= 0.3 is 0 Å². The lowest BCUT2D eigenvalue weighted by atomic mass is 10.2. The molecule has 0 aromatic carbocycles. The van der Waals surface area contributed by atoms with Gasteiger partial charge in [0.25, 0.3) is 0 Å². The molecule has 0 aliphatic carbocycles. The van der Waals surface area contributed by atoms with Crippen LogP contribution in [0.2, 0.25) is 0 Å². The quantitative estimate of drug-likeness (QED) is 0.720. The minimum atomic E-state index is 0.151. The highest BCUT2D eigenvalue weighted by atomic mass is 32.2. The number of nitrogens with one attached hydrogen (secondary N) is 2. The fraction of sp³-hybridized carbons (Fsp3) is 0.900. The molecule has 0 radical (unpaired) electrons. The zero-order chi connectivity index (χ0) is 10.4. The maximum absolute atomic E-state index is 11.3. The first-order chi connectivity index (χ1) is 6.68. The van der Waals surface area contributed by atoms with Gasteiger partial charge in [0.05, 0.1) is 0 Å². The molecule has 1 saturated heterocycles. The molecule has 0 bridgehead atoms. The minimum Gasteiger partial charge on any atom is -0.354 e. The molecule has 1 atom stereocenters. The third-order valence-corrected chi connectivity index (χ3v) is 3.33. The lowest BCUT2D eigenvalue weighted by molar-refractivity contribution is -0.121. The van der Waals surface area contributed by atoms with Crippen molar-refractivity contribution in [2.45, 2.75) is 38.8 Å². The number of carbonyl (C=O) groups excluding carboxylic acids is 1. The van der Waals surface area contributed by atoms with Crippen LogP contribution in [0.25, 0.3) is 0 Å². The van der Waals surface area contributed by atoms with Crippen LogP contribution in [0.4, 0.5) is 0 Å². The predicted octanol–water partition coefficient (Wildman–Crippen LogP) is 0.996. The van der Waals surface area contributed by atoms with Crippen molar-refractivity contribution in [3.05, 3.63) is 0 Å². The molecule has 1 fully saturated rings. The molecule has 1 aliphatic heterocycles. The first-order valence-electron chi connectivity index (χ1n) is 5.29. The van der Waals surface area contributed by atoms with Crippen molar-refractivity contribution in [3.8, 4) is 0 Å². The van der Waals surface area contributed by atoms with E-state index in [-0.39, 0.29) is 11.9 Å². The van der Waals surface area contributed by atoms with Crippen LogP contribution in [-0.2, 0) is 4.79 Å². The zero-order valence-corrected chi connectivity index (χ0v) is 9.82. The second-order valence-corrected chi connectivity index (χ2v) is 5.14. The Hall–Kier alpha value is -0.220. The summed E-state index contributed by atoms with van der Waals surface area (Å²) in [5, 5.41) is 6.29. The normalized spacial score (nSPS) is 21.5. The van der Waals surface area contributed by atoms with Gasteiger partial charge in [0.15, 0.2) is 0 Å². The van der Waals surface area contributed by atoms with E-state index in [0.717, 1.165) is 6.54 Å². The first kappa shape index (κ1) is 11.9. The van der Waals surface area contributed by atoms with Gasteiger partial charge in [0, 0.05) is 30.8 Å². The van der Waals surface area contributed by atoms with Crippen molar-refractivity contribution in [3.63, 3.8) is 0 Å². The largest absolute Gasteiger partial charge is 0.354 e. The molecule has 1 heterocycles. The van der Waals surface area contributed by atoms with Crippen LogP contribution >= 0.6 is 11.8 Å². The maximum atomic E-state index is 11.3. The summed E-state index contributed by atoms with van der Waals surface area (Å²) in [7, 11) is 0. The van der Waals surface area contributed by atoms with E-state index >= 15 is 0 Å². The van der Waals surface area contributed by atoms with Gasteiger partial charge in [-0.15, -0.1) is 0 Å². The molecule has 4 heteroatoms. The summed E-state index contributed by atoms with van der Waals surface area (Å²) in [6.45, 7) is 4.78. The molecular formula is C10H20N2OS. The van der Waals surface area contributed by atoms with E-state index in [0.29, 0.717) is 12.5 Å². The minimum absolute atomic E-state index is 0.151. The van der Waals surface area contributed by atoms with Gasteiger partial charge in [-0.25, -0.2) is 0 Å². The number of hydrogen-bond donors (Lipinski definition) is 2. The van der Waals surface area contributed by atoms with Crippen molar-refractivity contribution in [1.82, 2.24) is 10.6 Å². The molecule has 82 valence electrons. The zero-order valence-electron chi connectivity index (χ0n) is 9.01. The lowest BCUT2D eigenvalue weighted by Gasteiger charge is -2.12. The van der Waals surface area contributed by atoms with E-state index in [9.17, 15) is 4.79 Å². The Morgan fingerprint density at radius 2 is 2.36 bits per heavy atom. The number of rotatable bonds is 5. The molecule has 1 unspecified atom stereocenters. The van der Waals surface area contributed by atoms with Crippen molar-refractivity contribution in [2.75, 3.05) is 18.1 Å². The van der Waals surface area contributed by atoms with E-state index in [1.165, 1.54) is 17.9 Å². The third-order valence-electron chi connectivity index (χ3n) is 2.16. The van der Waals surface area contributed by atoms with E-state index in [1.54, 1.807) is 0 Å². The van der Waals surface area contributed by atoms with E-state index < -0.39 is 0 Å². The van der Waals surface area contributed by atoms with Gasteiger partial charge in [-0.1, -0.05) is 0 Å². The summed E-state index contributed by atoms with van der Waals surface area (Å²) in [5.41, 5.74) is 0. The Balaban J connectivity index is 1.99. The molecule has 1 amide bonds. The Morgan fingerprint density at radius 3 is 2.93 bits per heavy atom. The van der Waals surface area contributed by atoms with Crippen molar-refractivity contribution in [2.24, 2.45) is 0 Å². The van der Waals surface area contributed by atoms with Crippen molar-refractivity contribution >= 4 is 17.7 Å². The topological polar surface area (TPSA) is 41.1 Å². The maximum Gasteiger partial charge on any atom is 0.221 e. The molecule has 0 aromatic rings. The molecule has 14 heavy (non-hydrogen) atoms. The van der Waals surface area contributed by atoms with Gasteiger partial charge in [0.1, 0.15) is 0 Å². The van der Waals surface area contributed by atoms with Crippen LogP contribution in [-0.4, -0.2) is 36.0 Å². The molecular weight excluding hydrogens is 196 g/mol. The van der Waals surface area contributed by atoms with Crippen LogP contribution in [0.3, 0.4) is 0 Å². The Labute approximate surface area is 90.4 Å². The highest BCUT2D eigenvalue weighted by Gasteiger charge is 2.14. The third kappa shape index (κ3) is 4.86. The predicted molar refractivity (Wildman–Crippen MR) is 61.6 cm³/mol. The van der Waals surface area contributed by atoms with E-state index in [2.05, 4.69) is 10.6 Å². The van der Waals surface area contributed by atoms with Gasteiger partial charge in [-0.2, -0.15) is 11.8 Å². The highest BCUT2D eigenvalue weighted by Crippen LogP contribution is 2.16. The Morgan fingerprint density at radius 1 is 1.57 bits per heavy atom. The number of thioether (sulfide) groups is 1. The summed E-state index contributed by atoms with van der Waals surface area (Å²) in [6, 6.07) is 0.886. The standard InChI is InChI=1S/C10H20N2OS/c1-8(2)12-10(13)3-5-11-9-4-6-14-7-9/h8-9,11H,3-7H2,1-2H3,(H,12,13). The molecule has 0 aromatic heterocycles. The van der Waals surface area contributed by atoms with Crippen LogP contribution in [0, 0.1) is 0 Å². The van der Waals surface area contributed by atoms with Crippen LogP contribution in [0.15, 0.2) is 0 Å². The molecule has 1 aliphatic rings. The second-order valence-electron chi connectivity index (χ2n) is 3.99. The number of hydrogen-bond acceptors (Lipinski definition) is 3. The van der Waals surface area contributed by atoms with Gasteiger partial charge < -0.3 is 10.6 Å². The van der Waals surface area contributed by atoms with Gasteiger partial charge in [-0.3, -0.25) is 4.79 Å². The van der Waals surface area contributed by atoms with Crippen molar-refractivity contribution < 1.29 is 4.79 Å². The SMILES string of the molecule is CC(C)NC(=O)CCNC1CCSC1. The second kappa shape index (κ2) is 6.30. The fourth-order valence-electron chi connectivity index (χ4n) is 1.48. The lowest BCUT2D eigenvalue weighted by Crippen LogP contribution is -2.35. The molecule has 0 spiro atoms. The fourth-order valence-corrected chi connectivity index (χ4v) is 2.67. The smallest absolute Gasteiger partial charge is 0.221 e. The number of amides is 1. The average Bonchev–Trinajstić information content (AvgIpc) is 2.55. The highest BCUT2D eigenvalue weighted by molar-refractivity contribution is 7.99. The van der Waals surface area contributed by atoms with Crippen molar-refractivity contribution in [1.29, 1.82) is 0 Å². The van der Waals surface area contributed by atoms with Gasteiger partial charge in [0.2, 0.25) is 5.91 Å². The Bertz CT molecular complexity index is 179. The van der Waals surface area contributed by atoms with Gasteiger partial charge in [-0.05, 0) is 26.0 Å². The van der Waals surface area contributed by atoms with Crippen LogP contribution in [0.5, 0.6) is 0 Å². The number of carbonyl (C=O) groups is 1. The Kier molecular flexibility index (Phi) is 5.33. The average molecular weight is 216 g/mol. The summed E-state index contributed by atoms with van der Waals surface area (Å²) < 4.78 is 0. The summed E-state index contributed by atoms with van der Waals surface area (Å²) >= 11 is 1.99. The molecule has 0 saturated carbocycles. The van der Waals surface area contributed by atoms with E-state index in [1.807, 2.05) is 25.6 Å². The first-order valence-corrected chi connectivity index (χ1v) is 6.44. The molecule has 3 nitrogen and oxygen atoms in total. The van der Waals surface area contributed by atoms with Crippen LogP contribution in [0.1, 0.15) is 26.7 Å². The monoisotopic (exact) mass is 216 g/mol. The summed E-state index contributed by atoms with van der Waals surface area (Å²) in [5.74, 6) is 2.61.